The van der Waals surface area contributed by atoms with E-state index in [9.17, 15) is 0 Å². The van der Waals surface area contributed by atoms with Gasteiger partial charge < -0.3 is 0 Å². The zero-order valence-corrected chi connectivity index (χ0v) is 20.6. The fraction of sp³-hybridized carbons (Fsp3) is 0.0278. The normalized spacial score (nSPS) is 11.4. The monoisotopic (exact) mass is 471 g/mol. The average Bonchev–Trinajstić information content (AvgIpc) is 2.96. The quantitative estimate of drug-likeness (QED) is 0.234. The smallest absolute Gasteiger partial charge is 0.0704 e. The van der Waals surface area contributed by atoms with Crippen molar-refractivity contribution in [1.82, 2.24) is 4.98 Å². The van der Waals surface area contributed by atoms with E-state index in [4.69, 9.17) is 0 Å². The van der Waals surface area contributed by atoms with Gasteiger partial charge in [-0.15, -0.1) is 0 Å². The number of fused-ring (bicyclic) bond motifs is 3. The van der Waals surface area contributed by atoms with Crippen LogP contribution in [-0.2, 0) is 0 Å². The Morgan fingerprint density at radius 1 is 0.432 bits per heavy atom. The minimum Gasteiger partial charge on any atom is -0.256 e. The van der Waals surface area contributed by atoms with Gasteiger partial charge in [0.2, 0.25) is 0 Å². The number of aromatic nitrogens is 1. The van der Waals surface area contributed by atoms with Crippen LogP contribution in [0.2, 0.25) is 0 Å². The summed E-state index contributed by atoms with van der Waals surface area (Å²) in [6.45, 7) is 2.11. The van der Waals surface area contributed by atoms with E-state index in [2.05, 4.69) is 133 Å². The van der Waals surface area contributed by atoms with E-state index in [1.54, 1.807) is 0 Å². The van der Waals surface area contributed by atoms with Gasteiger partial charge in [-0.2, -0.15) is 0 Å². The first kappa shape index (κ1) is 21.5. The summed E-state index contributed by atoms with van der Waals surface area (Å²) in [6, 6.07) is 46.1. The molecule has 174 valence electrons. The fourth-order valence-electron chi connectivity index (χ4n) is 5.60. The van der Waals surface area contributed by atoms with Crippen molar-refractivity contribution >= 4 is 32.3 Å². The molecular formula is C36H25N. The van der Waals surface area contributed by atoms with Crippen LogP contribution in [0.5, 0.6) is 0 Å². The molecule has 7 rings (SSSR count). The van der Waals surface area contributed by atoms with Crippen LogP contribution >= 0.6 is 0 Å². The highest BCUT2D eigenvalue weighted by molar-refractivity contribution is 6.21. The molecule has 6 aromatic carbocycles. The Bertz CT molecular complexity index is 1870. The van der Waals surface area contributed by atoms with E-state index < -0.39 is 0 Å². The Morgan fingerprint density at radius 3 is 1.57 bits per heavy atom. The summed E-state index contributed by atoms with van der Waals surface area (Å²) in [5.74, 6) is 0. The maximum absolute atomic E-state index is 4.58. The van der Waals surface area contributed by atoms with E-state index >= 15 is 0 Å². The second-order valence-electron chi connectivity index (χ2n) is 9.70. The lowest BCUT2D eigenvalue weighted by Crippen LogP contribution is -1.91. The van der Waals surface area contributed by atoms with Gasteiger partial charge in [0, 0.05) is 11.8 Å². The number of benzene rings is 6. The van der Waals surface area contributed by atoms with Gasteiger partial charge in [0.05, 0.1) is 5.69 Å². The van der Waals surface area contributed by atoms with Crippen LogP contribution in [0.4, 0.5) is 0 Å². The van der Waals surface area contributed by atoms with E-state index in [-0.39, 0.29) is 0 Å². The van der Waals surface area contributed by atoms with Crippen molar-refractivity contribution in [2.75, 3.05) is 0 Å². The zero-order chi connectivity index (χ0) is 24.8. The second-order valence-corrected chi connectivity index (χ2v) is 9.70. The number of pyridine rings is 1. The molecule has 0 spiro atoms. The molecule has 37 heavy (non-hydrogen) atoms. The molecule has 0 aliphatic rings. The molecule has 0 amide bonds. The third-order valence-electron chi connectivity index (χ3n) is 7.35. The van der Waals surface area contributed by atoms with Crippen LogP contribution in [0.25, 0.3) is 65.8 Å². The lowest BCUT2D eigenvalue weighted by Gasteiger charge is -2.18. The highest BCUT2D eigenvalue weighted by Crippen LogP contribution is 2.44. The number of hydrogen-bond donors (Lipinski definition) is 0. The Hall–Kier alpha value is -4.75. The van der Waals surface area contributed by atoms with Gasteiger partial charge in [-0.05, 0) is 85.3 Å². The predicted octanol–water partition coefficient (Wildman–Crippen LogP) is 9.85. The first-order valence-electron chi connectivity index (χ1n) is 12.7. The van der Waals surface area contributed by atoms with Crippen LogP contribution in [0.1, 0.15) is 5.56 Å². The summed E-state index contributed by atoms with van der Waals surface area (Å²) in [7, 11) is 0. The number of nitrogens with zero attached hydrogens (tertiary/aromatic N) is 1. The van der Waals surface area contributed by atoms with Crippen LogP contribution in [0, 0.1) is 6.92 Å². The highest BCUT2D eigenvalue weighted by atomic mass is 14.7. The first-order valence-corrected chi connectivity index (χ1v) is 12.7. The molecule has 0 N–H and O–H groups in total. The van der Waals surface area contributed by atoms with Crippen LogP contribution < -0.4 is 0 Å². The Morgan fingerprint density at radius 2 is 0.946 bits per heavy atom. The van der Waals surface area contributed by atoms with Gasteiger partial charge in [0.15, 0.2) is 0 Å². The molecule has 0 saturated heterocycles. The van der Waals surface area contributed by atoms with Crippen molar-refractivity contribution < 1.29 is 0 Å². The maximum Gasteiger partial charge on any atom is 0.0704 e. The molecule has 0 unspecified atom stereocenters. The van der Waals surface area contributed by atoms with Crippen molar-refractivity contribution in [2.24, 2.45) is 0 Å². The maximum atomic E-state index is 4.58. The van der Waals surface area contributed by atoms with E-state index in [1.165, 1.54) is 60.1 Å². The predicted molar refractivity (Wildman–Crippen MR) is 158 cm³/mol. The standard InChI is InChI=1S/C36H25N/c1-24-20-21-37-34(22-24)26-15-17-27(18-16-26)35-30-10-4-6-12-32(30)36(33-13-7-5-11-31(33)35)29-19-14-25-8-2-3-9-28(25)23-29/h2-23H,1H3. The molecule has 0 aliphatic carbocycles. The third-order valence-corrected chi connectivity index (χ3v) is 7.35. The minimum absolute atomic E-state index is 1.01. The van der Waals surface area contributed by atoms with Crippen molar-refractivity contribution in [2.45, 2.75) is 6.92 Å². The molecule has 1 aromatic heterocycles. The first-order chi connectivity index (χ1) is 18.3. The molecule has 7 aromatic rings. The lowest BCUT2D eigenvalue weighted by molar-refractivity contribution is 1.29. The fourth-order valence-corrected chi connectivity index (χ4v) is 5.60. The van der Waals surface area contributed by atoms with E-state index in [0.717, 1.165) is 11.3 Å². The summed E-state index contributed by atoms with van der Waals surface area (Å²) in [5, 5.41) is 7.61. The largest absolute Gasteiger partial charge is 0.256 e. The molecule has 1 heteroatoms. The molecule has 1 nitrogen and oxygen atoms in total. The average molecular weight is 472 g/mol. The minimum atomic E-state index is 1.01. The van der Waals surface area contributed by atoms with Crippen LogP contribution in [0.3, 0.4) is 0 Å². The van der Waals surface area contributed by atoms with Gasteiger partial charge in [0.25, 0.3) is 0 Å². The van der Waals surface area contributed by atoms with Gasteiger partial charge in [-0.25, -0.2) is 0 Å². The Balaban J connectivity index is 1.49. The van der Waals surface area contributed by atoms with Crippen molar-refractivity contribution in [3.63, 3.8) is 0 Å². The van der Waals surface area contributed by atoms with Crippen molar-refractivity contribution in [1.29, 1.82) is 0 Å². The van der Waals surface area contributed by atoms with Crippen LogP contribution in [0.15, 0.2) is 134 Å². The molecule has 0 atom stereocenters. The van der Waals surface area contributed by atoms with Gasteiger partial charge in [-0.1, -0.05) is 109 Å². The number of rotatable bonds is 3. The topological polar surface area (TPSA) is 12.9 Å². The summed E-state index contributed by atoms with van der Waals surface area (Å²) < 4.78 is 0. The summed E-state index contributed by atoms with van der Waals surface area (Å²) in [4.78, 5) is 4.58. The van der Waals surface area contributed by atoms with Gasteiger partial charge >= 0.3 is 0 Å². The second kappa shape index (κ2) is 8.72. The Labute approximate surface area is 216 Å². The van der Waals surface area contributed by atoms with E-state index in [0.29, 0.717) is 0 Å². The summed E-state index contributed by atoms with van der Waals surface area (Å²) in [6.07, 6.45) is 1.88. The third kappa shape index (κ3) is 3.68. The number of hydrogen-bond acceptors (Lipinski definition) is 1. The zero-order valence-electron chi connectivity index (χ0n) is 20.6. The van der Waals surface area contributed by atoms with Crippen molar-refractivity contribution in [3.05, 3.63) is 139 Å². The van der Waals surface area contributed by atoms with Crippen molar-refractivity contribution in [3.8, 4) is 33.5 Å². The molecule has 0 fully saturated rings. The molecule has 0 aliphatic heterocycles. The summed E-state index contributed by atoms with van der Waals surface area (Å²) in [5.41, 5.74) is 8.39. The van der Waals surface area contributed by atoms with Crippen LogP contribution in [-0.4, -0.2) is 4.98 Å². The highest BCUT2D eigenvalue weighted by Gasteiger charge is 2.16. The van der Waals surface area contributed by atoms with E-state index in [1.807, 2.05) is 12.3 Å². The van der Waals surface area contributed by atoms with Gasteiger partial charge in [0.1, 0.15) is 0 Å². The number of aryl methyl sites for hydroxylation is 1. The SMILES string of the molecule is Cc1ccnc(-c2ccc(-c3c4ccccc4c(-c4ccc5ccccc5c4)c4ccccc34)cc2)c1. The molecule has 0 saturated carbocycles. The molecular weight excluding hydrogens is 446 g/mol. The Kier molecular flexibility index (Phi) is 5.08. The molecule has 1 heterocycles. The molecule has 0 radical (unpaired) electrons. The molecule has 0 bridgehead atoms. The van der Waals surface area contributed by atoms with Gasteiger partial charge in [-0.3, -0.25) is 4.98 Å². The summed E-state index contributed by atoms with van der Waals surface area (Å²) >= 11 is 0. The lowest BCUT2D eigenvalue weighted by atomic mass is 9.85.